The fourth-order valence-electron chi connectivity index (χ4n) is 0.907. The van der Waals surface area contributed by atoms with E-state index in [1.807, 2.05) is 0 Å². The number of thioether (sulfide) groups is 1. The lowest BCUT2D eigenvalue weighted by Crippen LogP contribution is -2.03. The Labute approximate surface area is 61.8 Å². The van der Waals surface area contributed by atoms with Crippen molar-refractivity contribution in [2.75, 3.05) is 11.2 Å². The van der Waals surface area contributed by atoms with Gasteiger partial charge in [0.15, 0.2) is 0 Å². The van der Waals surface area contributed by atoms with Gasteiger partial charge in [0.05, 0.1) is 11.6 Å². The maximum absolute atomic E-state index is 10.7. The van der Waals surface area contributed by atoms with Crippen LogP contribution in [0.4, 0.5) is 5.69 Å². The van der Waals surface area contributed by atoms with Gasteiger partial charge in [0.25, 0.3) is 0 Å². The van der Waals surface area contributed by atoms with Crippen LogP contribution < -0.4 is 10.9 Å². The van der Waals surface area contributed by atoms with Crippen LogP contribution in [0.2, 0.25) is 0 Å². The average molecular weight is 154 g/mol. The number of rotatable bonds is 0. The number of pyridine rings is 1. The molecule has 10 heavy (non-hydrogen) atoms. The second-order valence-electron chi connectivity index (χ2n) is 2.04. The summed E-state index contributed by atoms with van der Waals surface area (Å²) in [6.45, 7) is 0. The zero-order valence-corrected chi connectivity index (χ0v) is 5.99. The van der Waals surface area contributed by atoms with Crippen molar-refractivity contribution in [3.8, 4) is 0 Å². The van der Waals surface area contributed by atoms with Gasteiger partial charge in [0.1, 0.15) is 0 Å². The number of nitrogens with one attached hydrogen (secondary N) is 2. The molecule has 0 radical (unpaired) electrons. The van der Waals surface area contributed by atoms with E-state index in [0.717, 1.165) is 16.5 Å². The van der Waals surface area contributed by atoms with Crippen molar-refractivity contribution in [1.82, 2.24) is 4.98 Å². The molecule has 0 unspecified atom stereocenters. The molecule has 2 heterocycles. The Morgan fingerprint density at radius 3 is 3.40 bits per heavy atom. The SMILES string of the molecule is O=c1cc2c(c[nH]1)SCN2. The van der Waals surface area contributed by atoms with E-state index < -0.39 is 0 Å². The number of hydrogen-bond donors (Lipinski definition) is 2. The number of H-pyrrole nitrogens is 1. The molecule has 0 atom stereocenters. The van der Waals surface area contributed by atoms with Gasteiger partial charge in [-0.1, -0.05) is 0 Å². The minimum absolute atomic E-state index is 0.0475. The van der Waals surface area contributed by atoms with Gasteiger partial charge in [-0.3, -0.25) is 4.79 Å². The van der Waals surface area contributed by atoms with Gasteiger partial charge in [0.2, 0.25) is 5.56 Å². The molecular formula is C6H6N2OS. The fraction of sp³-hybridized carbons (Fsp3) is 0.167. The van der Waals surface area contributed by atoms with Crippen LogP contribution in [0.1, 0.15) is 0 Å². The van der Waals surface area contributed by atoms with Crippen LogP contribution in [0.15, 0.2) is 22.0 Å². The molecule has 0 amide bonds. The Morgan fingerprint density at radius 2 is 2.50 bits per heavy atom. The van der Waals surface area contributed by atoms with E-state index >= 15 is 0 Å². The number of aromatic nitrogens is 1. The summed E-state index contributed by atoms with van der Waals surface area (Å²) in [5, 5.41) is 3.08. The maximum atomic E-state index is 10.7. The highest BCUT2D eigenvalue weighted by Gasteiger charge is 2.09. The highest BCUT2D eigenvalue weighted by molar-refractivity contribution is 7.99. The lowest BCUT2D eigenvalue weighted by Gasteiger charge is -1.92. The Morgan fingerprint density at radius 1 is 1.60 bits per heavy atom. The van der Waals surface area contributed by atoms with E-state index in [9.17, 15) is 4.79 Å². The predicted molar refractivity (Wildman–Crippen MR) is 41.4 cm³/mol. The van der Waals surface area contributed by atoms with E-state index in [-0.39, 0.29) is 5.56 Å². The van der Waals surface area contributed by atoms with Gasteiger partial charge < -0.3 is 10.3 Å². The molecule has 1 aliphatic heterocycles. The number of fused-ring (bicyclic) bond motifs is 1. The average Bonchev–Trinajstić information content (AvgIpc) is 2.33. The number of anilines is 1. The molecular weight excluding hydrogens is 148 g/mol. The van der Waals surface area contributed by atoms with Crippen molar-refractivity contribution in [1.29, 1.82) is 0 Å². The number of aromatic amines is 1. The first-order valence-corrected chi connectivity index (χ1v) is 3.94. The molecule has 3 nitrogen and oxygen atoms in total. The fourth-order valence-corrected chi connectivity index (χ4v) is 1.72. The van der Waals surface area contributed by atoms with E-state index in [1.165, 1.54) is 0 Å². The zero-order valence-electron chi connectivity index (χ0n) is 5.18. The molecule has 0 aliphatic carbocycles. The molecule has 0 bridgehead atoms. The lowest BCUT2D eigenvalue weighted by atomic mass is 10.4. The van der Waals surface area contributed by atoms with Gasteiger partial charge >= 0.3 is 0 Å². The van der Waals surface area contributed by atoms with Crippen molar-refractivity contribution in [2.24, 2.45) is 0 Å². The van der Waals surface area contributed by atoms with E-state index in [0.29, 0.717) is 0 Å². The Bertz CT molecular complexity index is 307. The number of hydrogen-bond acceptors (Lipinski definition) is 3. The lowest BCUT2D eigenvalue weighted by molar-refractivity contribution is 1.18. The Hall–Kier alpha value is -0.900. The Balaban J connectivity index is 2.63. The third-order valence-corrected chi connectivity index (χ3v) is 2.31. The van der Waals surface area contributed by atoms with Gasteiger partial charge in [-0.25, -0.2) is 0 Å². The third kappa shape index (κ3) is 0.806. The summed E-state index contributed by atoms with van der Waals surface area (Å²) < 4.78 is 0. The Kier molecular flexibility index (Phi) is 1.20. The van der Waals surface area contributed by atoms with Gasteiger partial charge in [-0.2, -0.15) is 0 Å². The van der Waals surface area contributed by atoms with E-state index in [4.69, 9.17) is 0 Å². The van der Waals surface area contributed by atoms with Crippen LogP contribution in [0.5, 0.6) is 0 Å². The van der Waals surface area contributed by atoms with Crippen molar-refractivity contribution >= 4 is 17.4 Å². The summed E-state index contributed by atoms with van der Waals surface area (Å²) in [5.41, 5.74) is 0.905. The summed E-state index contributed by atoms with van der Waals surface area (Å²) in [6, 6.07) is 1.58. The molecule has 4 heteroatoms. The summed E-state index contributed by atoms with van der Waals surface area (Å²) in [5.74, 6) is 0.868. The molecule has 2 rings (SSSR count). The first-order valence-electron chi connectivity index (χ1n) is 2.96. The normalized spacial score (nSPS) is 14.4. The summed E-state index contributed by atoms with van der Waals surface area (Å²) >= 11 is 1.70. The van der Waals surface area contributed by atoms with E-state index in [1.54, 1.807) is 24.0 Å². The van der Waals surface area contributed by atoms with Crippen LogP contribution in [-0.4, -0.2) is 10.9 Å². The quantitative estimate of drug-likeness (QED) is 0.582. The first kappa shape index (κ1) is 5.85. The molecule has 0 aromatic carbocycles. The van der Waals surface area contributed by atoms with Crippen molar-refractivity contribution in [3.05, 3.63) is 22.6 Å². The first-order chi connectivity index (χ1) is 4.86. The molecule has 0 fully saturated rings. The van der Waals surface area contributed by atoms with Crippen molar-refractivity contribution < 1.29 is 0 Å². The van der Waals surface area contributed by atoms with Crippen LogP contribution in [0.25, 0.3) is 0 Å². The summed E-state index contributed by atoms with van der Waals surface area (Å²) in [7, 11) is 0. The summed E-state index contributed by atoms with van der Waals surface area (Å²) in [4.78, 5) is 14.5. The molecule has 1 aliphatic rings. The van der Waals surface area contributed by atoms with Crippen molar-refractivity contribution in [3.63, 3.8) is 0 Å². The van der Waals surface area contributed by atoms with Crippen LogP contribution in [0.3, 0.4) is 0 Å². The zero-order chi connectivity index (χ0) is 6.97. The minimum Gasteiger partial charge on any atom is -0.375 e. The highest BCUT2D eigenvalue weighted by Crippen LogP contribution is 2.30. The molecule has 0 saturated heterocycles. The molecule has 1 aromatic rings. The topological polar surface area (TPSA) is 44.9 Å². The largest absolute Gasteiger partial charge is 0.375 e. The van der Waals surface area contributed by atoms with Gasteiger partial charge in [0, 0.05) is 17.2 Å². The molecule has 2 N–H and O–H groups in total. The standard InChI is InChI=1S/C6H6N2OS/c9-6-1-4-5(2-7-6)10-3-8-4/h1-2,8H,3H2,(H,7,9). The van der Waals surface area contributed by atoms with Gasteiger partial charge in [-0.15, -0.1) is 11.8 Å². The minimum atomic E-state index is -0.0475. The second kappa shape index (κ2) is 2.05. The maximum Gasteiger partial charge on any atom is 0.250 e. The highest BCUT2D eigenvalue weighted by atomic mass is 32.2. The van der Waals surface area contributed by atoms with Crippen molar-refractivity contribution in [2.45, 2.75) is 4.90 Å². The third-order valence-electron chi connectivity index (χ3n) is 1.38. The van der Waals surface area contributed by atoms with Crippen LogP contribution in [-0.2, 0) is 0 Å². The van der Waals surface area contributed by atoms with E-state index in [2.05, 4.69) is 10.3 Å². The molecule has 0 saturated carbocycles. The second-order valence-corrected chi connectivity index (χ2v) is 3.06. The predicted octanol–water partition coefficient (Wildman–Crippen LogP) is 0.850. The van der Waals surface area contributed by atoms with Gasteiger partial charge in [-0.05, 0) is 0 Å². The van der Waals surface area contributed by atoms with Crippen LogP contribution in [0, 0.1) is 0 Å². The van der Waals surface area contributed by atoms with Crippen LogP contribution >= 0.6 is 11.8 Å². The molecule has 1 aromatic heterocycles. The summed E-state index contributed by atoms with van der Waals surface area (Å²) in [6.07, 6.45) is 1.74. The molecule has 52 valence electrons. The smallest absolute Gasteiger partial charge is 0.250 e. The monoisotopic (exact) mass is 154 g/mol. The molecule has 0 spiro atoms.